The lowest BCUT2D eigenvalue weighted by molar-refractivity contribution is 0.0955. The quantitative estimate of drug-likeness (QED) is 0.180. The Bertz CT molecular complexity index is 1100. The van der Waals surface area contributed by atoms with Crippen molar-refractivity contribution < 1.29 is 19.0 Å². The number of hydrogen-bond acceptors (Lipinski definition) is 5. The Labute approximate surface area is 212 Å². The minimum absolute atomic E-state index is 0.331. The molecule has 172 valence electrons. The summed E-state index contributed by atoms with van der Waals surface area (Å²) >= 11 is 8.73. The minimum atomic E-state index is -0.331. The lowest BCUT2D eigenvalue weighted by atomic mass is 10.2. The zero-order chi connectivity index (χ0) is 23.6. The van der Waals surface area contributed by atoms with E-state index in [2.05, 4.69) is 33.1 Å². The molecule has 33 heavy (non-hydrogen) atoms. The summed E-state index contributed by atoms with van der Waals surface area (Å²) in [4.78, 5) is 12.3. The largest absolute Gasteiger partial charge is 0.494 e. The number of ether oxygens (including phenoxy) is 3. The van der Waals surface area contributed by atoms with Crippen LogP contribution in [-0.2, 0) is 6.61 Å². The number of halogens is 2. The number of nitrogens with one attached hydrogen (secondary N) is 1. The minimum Gasteiger partial charge on any atom is -0.494 e. The van der Waals surface area contributed by atoms with Crippen LogP contribution in [0.25, 0.3) is 0 Å². The summed E-state index contributed by atoms with van der Waals surface area (Å²) in [6.45, 7) is 5.17. The van der Waals surface area contributed by atoms with Gasteiger partial charge in [0.05, 0.1) is 24.5 Å². The van der Waals surface area contributed by atoms with Crippen LogP contribution in [0.2, 0.25) is 5.02 Å². The SMILES string of the molecule is CCOc1ccc(C(=O)N/N=C/c2cc(Cl)c(OCc3ccc(I)cc3)c(OCC)c2)cc1. The van der Waals surface area contributed by atoms with Crippen LogP contribution in [0.4, 0.5) is 0 Å². The monoisotopic (exact) mass is 578 g/mol. The van der Waals surface area contributed by atoms with E-state index in [1.807, 2.05) is 38.1 Å². The third-order valence-corrected chi connectivity index (χ3v) is 5.44. The first-order chi connectivity index (χ1) is 16.0. The molecule has 3 rings (SSSR count). The highest BCUT2D eigenvalue weighted by Crippen LogP contribution is 2.37. The van der Waals surface area contributed by atoms with E-state index in [-0.39, 0.29) is 5.91 Å². The van der Waals surface area contributed by atoms with Gasteiger partial charge in [0.1, 0.15) is 12.4 Å². The van der Waals surface area contributed by atoms with Crippen LogP contribution < -0.4 is 19.6 Å². The lowest BCUT2D eigenvalue weighted by Crippen LogP contribution is -2.17. The van der Waals surface area contributed by atoms with Crippen molar-refractivity contribution in [3.8, 4) is 17.2 Å². The van der Waals surface area contributed by atoms with Gasteiger partial charge < -0.3 is 14.2 Å². The molecule has 3 aromatic rings. The zero-order valence-electron chi connectivity index (χ0n) is 18.3. The van der Waals surface area contributed by atoms with E-state index in [0.29, 0.717) is 53.2 Å². The highest BCUT2D eigenvalue weighted by molar-refractivity contribution is 14.1. The fourth-order valence-corrected chi connectivity index (χ4v) is 3.53. The van der Waals surface area contributed by atoms with E-state index >= 15 is 0 Å². The van der Waals surface area contributed by atoms with Crippen molar-refractivity contribution >= 4 is 46.3 Å². The van der Waals surface area contributed by atoms with Gasteiger partial charge >= 0.3 is 0 Å². The van der Waals surface area contributed by atoms with Crippen LogP contribution in [0.15, 0.2) is 65.8 Å². The standard InChI is InChI=1S/C25H24ClIN2O4/c1-3-31-21-11-7-19(8-12-21)25(30)29-28-15-18-13-22(26)24(23(14-18)32-4-2)33-16-17-5-9-20(27)10-6-17/h5-15H,3-4,16H2,1-2H3,(H,29,30)/b28-15+. The average molecular weight is 579 g/mol. The maximum atomic E-state index is 12.3. The van der Waals surface area contributed by atoms with Gasteiger partial charge in [-0.05, 0) is 96.1 Å². The molecule has 0 bridgehead atoms. The second kappa shape index (κ2) is 12.5. The molecule has 0 radical (unpaired) electrons. The van der Waals surface area contributed by atoms with Crippen LogP contribution in [0.1, 0.15) is 35.3 Å². The summed E-state index contributed by atoms with van der Waals surface area (Å²) in [6, 6.07) is 18.4. The number of nitrogens with zero attached hydrogens (tertiary/aromatic N) is 1. The fraction of sp³-hybridized carbons (Fsp3) is 0.200. The summed E-state index contributed by atoms with van der Waals surface area (Å²) in [5, 5.41) is 4.43. The number of carbonyl (C=O) groups is 1. The van der Waals surface area contributed by atoms with Crippen LogP contribution in [-0.4, -0.2) is 25.3 Å². The van der Waals surface area contributed by atoms with E-state index in [1.165, 1.54) is 6.21 Å². The number of hydrazone groups is 1. The maximum Gasteiger partial charge on any atom is 0.271 e. The molecule has 0 aliphatic heterocycles. The Hall–Kier alpha value is -2.78. The first kappa shape index (κ1) is 24.9. The lowest BCUT2D eigenvalue weighted by Gasteiger charge is -2.14. The predicted octanol–water partition coefficient (Wildman–Crippen LogP) is 6.08. The van der Waals surface area contributed by atoms with Crippen molar-refractivity contribution in [1.82, 2.24) is 5.43 Å². The number of benzene rings is 3. The van der Waals surface area contributed by atoms with Gasteiger partial charge in [-0.2, -0.15) is 5.10 Å². The number of carbonyl (C=O) groups excluding carboxylic acids is 1. The smallest absolute Gasteiger partial charge is 0.271 e. The van der Waals surface area contributed by atoms with Gasteiger partial charge in [0.15, 0.2) is 11.5 Å². The molecule has 1 N–H and O–H groups in total. The Kier molecular flexibility index (Phi) is 9.38. The van der Waals surface area contributed by atoms with Crippen molar-refractivity contribution in [2.45, 2.75) is 20.5 Å². The van der Waals surface area contributed by atoms with Gasteiger partial charge in [-0.3, -0.25) is 4.79 Å². The fourth-order valence-electron chi connectivity index (χ4n) is 2.90. The number of amides is 1. The van der Waals surface area contributed by atoms with Crippen molar-refractivity contribution in [2.24, 2.45) is 5.10 Å². The molecule has 8 heteroatoms. The van der Waals surface area contributed by atoms with Gasteiger partial charge in [0.2, 0.25) is 0 Å². The van der Waals surface area contributed by atoms with Crippen molar-refractivity contribution in [3.63, 3.8) is 0 Å². The molecule has 0 saturated carbocycles. The molecule has 0 saturated heterocycles. The second-order valence-electron chi connectivity index (χ2n) is 6.83. The molecular formula is C25H24ClIN2O4. The summed E-state index contributed by atoms with van der Waals surface area (Å²) in [7, 11) is 0. The molecule has 0 atom stereocenters. The van der Waals surface area contributed by atoms with E-state index in [4.69, 9.17) is 25.8 Å². The topological polar surface area (TPSA) is 69.2 Å². The van der Waals surface area contributed by atoms with Crippen LogP contribution in [0, 0.1) is 3.57 Å². The van der Waals surface area contributed by atoms with Gasteiger partial charge in [0, 0.05) is 9.13 Å². The van der Waals surface area contributed by atoms with E-state index < -0.39 is 0 Å². The summed E-state index contributed by atoms with van der Waals surface area (Å²) in [6.07, 6.45) is 1.50. The molecule has 0 heterocycles. The molecule has 3 aromatic carbocycles. The van der Waals surface area contributed by atoms with Crippen molar-refractivity contribution in [1.29, 1.82) is 0 Å². The highest BCUT2D eigenvalue weighted by atomic mass is 127. The molecule has 0 spiro atoms. The summed E-state index contributed by atoms with van der Waals surface area (Å²) in [5.41, 5.74) is 4.67. The average Bonchev–Trinajstić information content (AvgIpc) is 2.80. The molecular weight excluding hydrogens is 555 g/mol. The normalized spacial score (nSPS) is 10.8. The first-order valence-electron chi connectivity index (χ1n) is 10.4. The molecule has 1 amide bonds. The molecule has 0 aromatic heterocycles. The van der Waals surface area contributed by atoms with Gasteiger partial charge in [-0.25, -0.2) is 5.43 Å². The van der Waals surface area contributed by atoms with Crippen LogP contribution >= 0.6 is 34.2 Å². The molecule has 0 aliphatic rings. The van der Waals surface area contributed by atoms with E-state index in [1.54, 1.807) is 36.4 Å². The Morgan fingerprint density at radius 2 is 1.70 bits per heavy atom. The van der Waals surface area contributed by atoms with Gasteiger partial charge in [-0.15, -0.1) is 0 Å². The summed E-state index contributed by atoms with van der Waals surface area (Å²) in [5.74, 6) is 1.35. The zero-order valence-corrected chi connectivity index (χ0v) is 21.2. The van der Waals surface area contributed by atoms with Crippen LogP contribution in [0.5, 0.6) is 17.2 Å². The van der Waals surface area contributed by atoms with Crippen LogP contribution in [0.3, 0.4) is 0 Å². The van der Waals surface area contributed by atoms with Crippen molar-refractivity contribution in [2.75, 3.05) is 13.2 Å². The Morgan fingerprint density at radius 1 is 1.00 bits per heavy atom. The number of rotatable bonds is 10. The third kappa shape index (κ3) is 7.36. The van der Waals surface area contributed by atoms with E-state index in [0.717, 1.165) is 9.13 Å². The molecule has 0 fully saturated rings. The van der Waals surface area contributed by atoms with Gasteiger partial charge in [0.25, 0.3) is 5.91 Å². The Balaban J connectivity index is 1.67. The third-order valence-electron chi connectivity index (χ3n) is 4.44. The second-order valence-corrected chi connectivity index (χ2v) is 8.49. The first-order valence-corrected chi connectivity index (χ1v) is 11.9. The predicted molar refractivity (Wildman–Crippen MR) is 139 cm³/mol. The highest BCUT2D eigenvalue weighted by Gasteiger charge is 2.13. The molecule has 0 unspecified atom stereocenters. The Morgan fingerprint density at radius 3 is 2.36 bits per heavy atom. The maximum absolute atomic E-state index is 12.3. The van der Waals surface area contributed by atoms with Gasteiger partial charge in [-0.1, -0.05) is 23.7 Å². The summed E-state index contributed by atoms with van der Waals surface area (Å²) < 4.78 is 18.2. The number of hydrogen-bond donors (Lipinski definition) is 1. The molecule has 6 nitrogen and oxygen atoms in total. The van der Waals surface area contributed by atoms with Crippen molar-refractivity contribution in [3.05, 3.63) is 85.9 Å². The molecule has 0 aliphatic carbocycles. The van der Waals surface area contributed by atoms with E-state index in [9.17, 15) is 4.79 Å².